The minimum atomic E-state index is -0.0347. The number of ether oxygens (including phenoxy) is 1. The number of rotatable bonds is 1. The number of epoxide rings is 1. The highest BCUT2D eigenvalue weighted by Gasteiger charge is 2.61. The SMILES string of the molecule is Cn1ncc(Br)c1[C@@]12CSCC[C@@H]1O2. The molecule has 5 heteroatoms. The lowest BCUT2D eigenvalue weighted by Gasteiger charge is -2.17. The van der Waals surface area contributed by atoms with Crippen molar-refractivity contribution in [3.05, 3.63) is 16.4 Å². The molecule has 0 radical (unpaired) electrons. The van der Waals surface area contributed by atoms with Crippen molar-refractivity contribution in [3.8, 4) is 0 Å². The molecule has 76 valence electrons. The first-order chi connectivity index (χ1) is 6.74. The third kappa shape index (κ3) is 1.12. The fourth-order valence-corrected chi connectivity index (χ4v) is 4.12. The van der Waals surface area contributed by atoms with Crippen LogP contribution in [0.1, 0.15) is 12.1 Å². The monoisotopic (exact) mass is 274 g/mol. The van der Waals surface area contributed by atoms with Crippen molar-refractivity contribution in [2.45, 2.75) is 18.1 Å². The summed E-state index contributed by atoms with van der Waals surface area (Å²) in [6.07, 6.45) is 3.44. The number of aryl methyl sites for hydroxylation is 1. The number of thioether (sulfide) groups is 1. The minimum Gasteiger partial charge on any atom is -0.358 e. The smallest absolute Gasteiger partial charge is 0.146 e. The molecule has 1 aromatic heterocycles. The molecule has 2 aliphatic heterocycles. The Labute approximate surface area is 95.3 Å². The number of fused-ring (bicyclic) bond motifs is 1. The van der Waals surface area contributed by atoms with Crippen LogP contribution in [0, 0.1) is 0 Å². The Morgan fingerprint density at radius 1 is 1.79 bits per heavy atom. The lowest BCUT2D eigenvalue weighted by molar-refractivity contribution is 0.306. The normalized spacial score (nSPS) is 35.4. The third-order valence-electron chi connectivity index (χ3n) is 2.95. The first-order valence-electron chi connectivity index (χ1n) is 4.67. The average molecular weight is 275 g/mol. The van der Waals surface area contributed by atoms with Crippen LogP contribution in [0.3, 0.4) is 0 Å². The van der Waals surface area contributed by atoms with Crippen molar-refractivity contribution in [2.75, 3.05) is 11.5 Å². The lowest BCUT2D eigenvalue weighted by Crippen LogP contribution is -2.24. The Kier molecular flexibility index (Phi) is 1.98. The second-order valence-electron chi connectivity index (χ2n) is 3.80. The van der Waals surface area contributed by atoms with Gasteiger partial charge in [0.2, 0.25) is 0 Å². The van der Waals surface area contributed by atoms with Crippen LogP contribution in [0.5, 0.6) is 0 Å². The van der Waals surface area contributed by atoms with Gasteiger partial charge in [0.25, 0.3) is 0 Å². The fourth-order valence-electron chi connectivity index (χ4n) is 2.22. The summed E-state index contributed by atoms with van der Waals surface area (Å²) in [7, 11) is 1.98. The molecule has 3 rings (SSSR count). The molecule has 3 nitrogen and oxygen atoms in total. The Bertz CT molecular complexity index is 361. The Hall–Kier alpha value is -0.0000000000000000763. The number of hydrogen-bond acceptors (Lipinski definition) is 3. The van der Waals surface area contributed by atoms with Crippen molar-refractivity contribution in [1.29, 1.82) is 0 Å². The second kappa shape index (κ2) is 3.00. The maximum Gasteiger partial charge on any atom is 0.146 e. The van der Waals surface area contributed by atoms with Crippen molar-refractivity contribution in [1.82, 2.24) is 9.78 Å². The molecule has 2 saturated heterocycles. The third-order valence-corrected chi connectivity index (χ3v) is 4.69. The van der Waals surface area contributed by atoms with Crippen LogP contribution in [0.2, 0.25) is 0 Å². The Morgan fingerprint density at radius 3 is 3.29 bits per heavy atom. The molecule has 0 aliphatic carbocycles. The first-order valence-corrected chi connectivity index (χ1v) is 6.62. The molecular formula is C9H11BrN2OS. The maximum absolute atomic E-state index is 5.86. The van der Waals surface area contributed by atoms with E-state index < -0.39 is 0 Å². The zero-order valence-corrected chi connectivity index (χ0v) is 10.3. The molecule has 0 amide bonds. The largest absolute Gasteiger partial charge is 0.358 e. The number of halogens is 1. The number of hydrogen-bond donors (Lipinski definition) is 0. The van der Waals surface area contributed by atoms with Crippen molar-refractivity contribution in [3.63, 3.8) is 0 Å². The predicted molar refractivity (Wildman–Crippen MR) is 59.4 cm³/mol. The van der Waals surface area contributed by atoms with Gasteiger partial charge < -0.3 is 4.74 Å². The Balaban J connectivity index is 2.03. The maximum atomic E-state index is 5.86. The standard InChI is InChI=1S/C9H11BrN2OS/c1-12-8(6(10)4-11-12)9-5-14-3-2-7(9)13-9/h4,7H,2-3,5H2,1H3/t7-,9+/m0/s1. The van der Waals surface area contributed by atoms with Gasteiger partial charge in [0.1, 0.15) is 5.60 Å². The van der Waals surface area contributed by atoms with Crippen molar-refractivity contribution < 1.29 is 4.74 Å². The van der Waals surface area contributed by atoms with E-state index in [4.69, 9.17) is 4.74 Å². The lowest BCUT2D eigenvalue weighted by atomic mass is 10.0. The van der Waals surface area contributed by atoms with Gasteiger partial charge >= 0.3 is 0 Å². The summed E-state index contributed by atoms with van der Waals surface area (Å²) in [5.74, 6) is 2.29. The van der Waals surface area contributed by atoms with E-state index in [0.29, 0.717) is 6.10 Å². The van der Waals surface area contributed by atoms with Crippen LogP contribution in [0.15, 0.2) is 10.7 Å². The fraction of sp³-hybridized carbons (Fsp3) is 0.667. The highest BCUT2D eigenvalue weighted by atomic mass is 79.9. The minimum absolute atomic E-state index is 0.0347. The summed E-state index contributed by atoms with van der Waals surface area (Å²) in [5.41, 5.74) is 1.17. The molecule has 0 unspecified atom stereocenters. The first kappa shape index (κ1) is 9.24. The van der Waals surface area contributed by atoms with Crippen molar-refractivity contribution in [2.24, 2.45) is 7.05 Å². The molecule has 2 atom stereocenters. The Morgan fingerprint density at radius 2 is 2.64 bits per heavy atom. The zero-order chi connectivity index (χ0) is 9.76. The second-order valence-corrected chi connectivity index (χ2v) is 5.76. The van der Waals surface area contributed by atoms with E-state index >= 15 is 0 Å². The van der Waals surface area contributed by atoms with Gasteiger partial charge in [-0.05, 0) is 28.1 Å². The van der Waals surface area contributed by atoms with Crippen LogP contribution in [0.4, 0.5) is 0 Å². The highest BCUT2D eigenvalue weighted by molar-refractivity contribution is 9.10. The predicted octanol–water partition coefficient (Wildman–Crippen LogP) is 1.91. The van der Waals surface area contributed by atoms with Gasteiger partial charge in [-0.2, -0.15) is 16.9 Å². The van der Waals surface area contributed by atoms with Crippen LogP contribution >= 0.6 is 27.7 Å². The van der Waals surface area contributed by atoms with E-state index in [-0.39, 0.29) is 5.60 Å². The van der Waals surface area contributed by atoms with Crippen molar-refractivity contribution >= 4 is 27.7 Å². The van der Waals surface area contributed by atoms with Crippen LogP contribution in [-0.2, 0) is 17.4 Å². The molecule has 1 aromatic rings. The van der Waals surface area contributed by atoms with Gasteiger partial charge in [0.05, 0.1) is 22.5 Å². The molecular weight excluding hydrogens is 264 g/mol. The summed E-state index contributed by atoms with van der Waals surface area (Å²) in [4.78, 5) is 0. The van der Waals surface area contributed by atoms with Gasteiger partial charge in [-0.25, -0.2) is 0 Å². The molecule has 2 aliphatic rings. The van der Waals surface area contributed by atoms with E-state index in [2.05, 4.69) is 21.0 Å². The summed E-state index contributed by atoms with van der Waals surface area (Å²) in [6, 6.07) is 0. The molecule has 0 aromatic carbocycles. The summed E-state index contributed by atoms with van der Waals surface area (Å²) < 4.78 is 8.86. The van der Waals surface area contributed by atoms with Gasteiger partial charge in [0, 0.05) is 12.8 Å². The molecule has 3 heterocycles. The summed E-state index contributed by atoms with van der Waals surface area (Å²) in [6.45, 7) is 0. The molecule has 14 heavy (non-hydrogen) atoms. The summed E-state index contributed by atoms with van der Waals surface area (Å²) >= 11 is 5.51. The molecule has 2 fully saturated rings. The van der Waals surface area contributed by atoms with E-state index in [9.17, 15) is 0 Å². The quantitative estimate of drug-likeness (QED) is 0.733. The van der Waals surface area contributed by atoms with E-state index in [1.807, 2.05) is 29.7 Å². The van der Waals surface area contributed by atoms with E-state index in [1.54, 1.807) is 0 Å². The van der Waals surface area contributed by atoms with Crippen LogP contribution in [-0.4, -0.2) is 27.4 Å². The molecule has 0 N–H and O–H groups in total. The van der Waals surface area contributed by atoms with Gasteiger partial charge in [-0.1, -0.05) is 0 Å². The topological polar surface area (TPSA) is 30.4 Å². The summed E-state index contributed by atoms with van der Waals surface area (Å²) in [5, 5.41) is 4.24. The van der Waals surface area contributed by atoms with Crippen LogP contribution in [0.25, 0.3) is 0 Å². The number of aromatic nitrogens is 2. The average Bonchev–Trinajstić information content (AvgIpc) is 2.81. The molecule has 0 saturated carbocycles. The van der Waals surface area contributed by atoms with Gasteiger partial charge in [0.15, 0.2) is 0 Å². The zero-order valence-electron chi connectivity index (χ0n) is 7.86. The van der Waals surface area contributed by atoms with Gasteiger partial charge in [-0.15, -0.1) is 0 Å². The van der Waals surface area contributed by atoms with E-state index in [0.717, 1.165) is 10.2 Å². The highest BCUT2D eigenvalue weighted by Crippen LogP contribution is 2.54. The van der Waals surface area contributed by atoms with Gasteiger partial charge in [-0.3, -0.25) is 4.68 Å². The molecule has 0 spiro atoms. The number of nitrogens with zero attached hydrogens (tertiary/aromatic N) is 2. The van der Waals surface area contributed by atoms with E-state index in [1.165, 1.54) is 17.9 Å². The van der Waals surface area contributed by atoms with Crippen LogP contribution < -0.4 is 0 Å². The molecule has 0 bridgehead atoms.